The van der Waals surface area contributed by atoms with Crippen LogP contribution in [-0.4, -0.2) is 49.7 Å². The predicted molar refractivity (Wildman–Crippen MR) is 79.2 cm³/mol. The molecular weight excluding hydrogens is 276 g/mol. The van der Waals surface area contributed by atoms with E-state index in [1.54, 1.807) is 0 Å². The number of carbonyl (C=O) groups is 1. The van der Waals surface area contributed by atoms with Gasteiger partial charge in [-0.3, -0.25) is 0 Å². The van der Waals surface area contributed by atoms with E-state index in [9.17, 15) is 4.79 Å². The molecule has 1 aliphatic heterocycles. The number of nitrogens with zero attached hydrogens (tertiary/aromatic N) is 4. The number of likely N-dealkylation sites (tertiary alicyclic amines) is 1. The molecule has 1 fully saturated rings. The van der Waals surface area contributed by atoms with Gasteiger partial charge >= 0.3 is 6.09 Å². The Kier molecular flexibility index (Phi) is 5.07. The maximum atomic E-state index is 11.2. The number of hydrogen-bond acceptors (Lipinski definition) is 3. The van der Waals surface area contributed by atoms with Gasteiger partial charge < -0.3 is 14.4 Å². The summed E-state index contributed by atoms with van der Waals surface area (Å²) in [7, 11) is -1.96. The molecule has 2 atom stereocenters. The highest BCUT2D eigenvalue weighted by molar-refractivity contribution is 6.74. The molecule has 1 rings (SSSR count). The fourth-order valence-corrected chi connectivity index (χ4v) is 3.38. The summed E-state index contributed by atoms with van der Waals surface area (Å²) in [6.07, 6.45) is -0.608. The van der Waals surface area contributed by atoms with Gasteiger partial charge in [0.1, 0.15) is 0 Å². The maximum absolute atomic E-state index is 11.2. The highest BCUT2D eigenvalue weighted by atomic mass is 28.4. The van der Waals surface area contributed by atoms with Crippen LogP contribution < -0.4 is 0 Å². The molecule has 114 valence electrons. The van der Waals surface area contributed by atoms with Gasteiger partial charge in [-0.25, -0.2) is 4.79 Å². The molecule has 8 heteroatoms. The zero-order valence-electron chi connectivity index (χ0n) is 12.8. The molecular formula is C12H24N4O3Si. The van der Waals surface area contributed by atoms with Crippen molar-refractivity contribution in [2.75, 3.05) is 13.1 Å². The van der Waals surface area contributed by atoms with Gasteiger partial charge in [0, 0.05) is 18.0 Å². The second kappa shape index (κ2) is 6.03. The van der Waals surface area contributed by atoms with Gasteiger partial charge in [-0.05, 0) is 30.1 Å². The molecule has 1 saturated heterocycles. The fraction of sp³-hybridized carbons (Fsp3) is 0.917. The lowest BCUT2D eigenvalue weighted by Crippen LogP contribution is -2.53. The molecule has 0 aromatic heterocycles. The van der Waals surface area contributed by atoms with Gasteiger partial charge in [-0.1, -0.05) is 25.9 Å². The van der Waals surface area contributed by atoms with Crippen molar-refractivity contribution in [1.29, 1.82) is 0 Å². The number of rotatable bonds is 3. The van der Waals surface area contributed by atoms with Crippen LogP contribution in [0.25, 0.3) is 10.4 Å². The van der Waals surface area contributed by atoms with Crippen LogP contribution in [-0.2, 0) is 4.43 Å². The summed E-state index contributed by atoms with van der Waals surface area (Å²) in [5, 5.41) is 12.9. The van der Waals surface area contributed by atoms with Crippen LogP contribution >= 0.6 is 0 Å². The predicted octanol–water partition coefficient (Wildman–Crippen LogP) is 3.44. The maximum Gasteiger partial charge on any atom is 0.407 e. The Morgan fingerprint density at radius 3 is 2.50 bits per heavy atom. The molecule has 0 radical (unpaired) electrons. The van der Waals surface area contributed by atoms with Crippen LogP contribution in [0.1, 0.15) is 27.2 Å². The average Bonchev–Trinajstić information content (AvgIpc) is 2.26. The van der Waals surface area contributed by atoms with Crippen LogP contribution in [0, 0.1) is 0 Å². The molecule has 0 saturated carbocycles. The number of azide groups is 1. The van der Waals surface area contributed by atoms with Gasteiger partial charge in [0.2, 0.25) is 0 Å². The van der Waals surface area contributed by atoms with Crippen molar-refractivity contribution in [2.45, 2.75) is 57.5 Å². The summed E-state index contributed by atoms with van der Waals surface area (Å²) in [5.41, 5.74) is 8.55. The van der Waals surface area contributed by atoms with Crippen LogP contribution in [0.5, 0.6) is 0 Å². The Hall–Kier alpha value is -1.24. The molecule has 0 spiro atoms. The number of piperidine rings is 1. The lowest BCUT2D eigenvalue weighted by Gasteiger charge is -2.43. The summed E-state index contributed by atoms with van der Waals surface area (Å²) in [4.78, 5) is 15.2. The second-order valence-corrected chi connectivity index (χ2v) is 11.5. The van der Waals surface area contributed by atoms with Gasteiger partial charge in [0.15, 0.2) is 8.32 Å². The molecule has 1 aliphatic rings. The van der Waals surface area contributed by atoms with E-state index < -0.39 is 14.4 Å². The summed E-state index contributed by atoms with van der Waals surface area (Å²) in [6, 6.07) is -0.348. The van der Waals surface area contributed by atoms with E-state index in [4.69, 9.17) is 15.1 Å². The molecule has 0 bridgehead atoms. The minimum atomic E-state index is -1.96. The van der Waals surface area contributed by atoms with E-state index in [0.717, 1.165) is 0 Å². The van der Waals surface area contributed by atoms with E-state index >= 15 is 0 Å². The van der Waals surface area contributed by atoms with E-state index in [2.05, 4.69) is 43.9 Å². The number of hydrogen-bond donors (Lipinski definition) is 1. The first-order chi connectivity index (χ1) is 9.06. The smallest absolute Gasteiger partial charge is 0.407 e. The lowest BCUT2D eigenvalue weighted by molar-refractivity contribution is 0.0635. The summed E-state index contributed by atoms with van der Waals surface area (Å²) in [5.74, 6) is 0. The Labute approximate surface area is 120 Å². The van der Waals surface area contributed by atoms with Crippen molar-refractivity contribution in [2.24, 2.45) is 5.11 Å². The number of amides is 1. The Balaban J connectivity index is 2.83. The molecule has 7 nitrogen and oxygen atoms in total. The largest absolute Gasteiger partial charge is 0.465 e. The molecule has 0 aromatic carbocycles. The monoisotopic (exact) mass is 300 g/mol. The van der Waals surface area contributed by atoms with E-state index in [0.29, 0.717) is 13.0 Å². The van der Waals surface area contributed by atoms with Crippen LogP contribution in [0.4, 0.5) is 4.79 Å². The zero-order valence-corrected chi connectivity index (χ0v) is 13.8. The summed E-state index contributed by atoms with van der Waals surface area (Å²) in [6.45, 7) is 11.3. The summed E-state index contributed by atoms with van der Waals surface area (Å²) < 4.78 is 6.25. The first-order valence-corrected chi connectivity index (χ1v) is 9.67. The van der Waals surface area contributed by atoms with E-state index in [1.165, 1.54) is 4.90 Å². The van der Waals surface area contributed by atoms with Crippen LogP contribution in [0.15, 0.2) is 5.11 Å². The lowest BCUT2D eigenvalue weighted by atomic mass is 10.0. The van der Waals surface area contributed by atoms with Gasteiger partial charge in [0.25, 0.3) is 0 Å². The molecule has 1 amide bonds. The third kappa shape index (κ3) is 4.13. The number of carboxylic acid groups (broad SMARTS) is 1. The van der Waals surface area contributed by atoms with Crippen LogP contribution in [0.2, 0.25) is 18.1 Å². The van der Waals surface area contributed by atoms with Gasteiger partial charge in [-0.2, -0.15) is 0 Å². The molecule has 20 heavy (non-hydrogen) atoms. The van der Waals surface area contributed by atoms with Crippen molar-refractivity contribution in [1.82, 2.24) is 4.90 Å². The molecule has 1 N–H and O–H groups in total. The standard InChI is InChI=1S/C12H24N4O3Si/c1-12(2,3)20(4,5)19-10-6-9(14-15-13)7-16(8-10)11(17)18/h9-10H,6-8H2,1-5H3,(H,17,18)/t9-,10+/m1/s1. The second-order valence-electron chi connectivity index (χ2n) is 6.78. The quantitative estimate of drug-likeness (QED) is 0.374. The van der Waals surface area contributed by atoms with Crippen molar-refractivity contribution < 1.29 is 14.3 Å². The van der Waals surface area contributed by atoms with Crippen molar-refractivity contribution >= 4 is 14.4 Å². The van der Waals surface area contributed by atoms with Crippen molar-refractivity contribution in [3.8, 4) is 0 Å². The first-order valence-electron chi connectivity index (χ1n) is 6.76. The minimum Gasteiger partial charge on any atom is -0.465 e. The molecule has 0 aliphatic carbocycles. The third-order valence-corrected chi connectivity index (χ3v) is 8.68. The van der Waals surface area contributed by atoms with E-state index in [-0.39, 0.29) is 23.7 Å². The highest BCUT2D eigenvalue weighted by Crippen LogP contribution is 2.38. The highest BCUT2D eigenvalue weighted by Gasteiger charge is 2.41. The van der Waals surface area contributed by atoms with Crippen molar-refractivity contribution in [3.63, 3.8) is 0 Å². The SMILES string of the molecule is CC(C)(C)[Si](C)(C)O[C@H]1C[C@@H](N=[N+]=[N-])CN(C(=O)O)C1. The Morgan fingerprint density at radius 1 is 1.45 bits per heavy atom. The Morgan fingerprint density at radius 2 is 2.05 bits per heavy atom. The molecule has 1 heterocycles. The minimum absolute atomic E-state index is 0.0620. The average molecular weight is 300 g/mol. The zero-order chi connectivity index (χ0) is 15.6. The van der Waals surface area contributed by atoms with Crippen LogP contribution in [0.3, 0.4) is 0 Å². The summed E-state index contributed by atoms with van der Waals surface area (Å²) >= 11 is 0. The molecule has 0 aromatic rings. The van der Waals surface area contributed by atoms with Gasteiger partial charge in [-0.15, -0.1) is 0 Å². The topological polar surface area (TPSA) is 98.5 Å². The molecule has 0 unspecified atom stereocenters. The van der Waals surface area contributed by atoms with E-state index in [1.807, 2.05) is 0 Å². The fourth-order valence-electron chi connectivity index (χ4n) is 2.02. The Bertz CT molecular complexity index is 405. The first kappa shape index (κ1) is 16.8. The normalized spacial score (nSPS) is 24.1. The van der Waals surface area contributed by atoms with Gasteiger partial charge in [0.05, 0.1) is 12.1 Å². The van der Waals surface area contributed by atoms with Crippen molar-refractivity contribution in [3.05, 3.63) is 10.4 Å². The third-order valence-electron chi connectivity index (χ3n) is 4.14.